The second kappa shape index (κ2) is 5.60. The molecule has 1 heterocycles. The molecule has 20 heavy (non-hydrogen) atoms. The smallest absolute Gasteiger partial charge is 0.391 e. The van der Waals surface area contributed by atoms with Gasteiger partial charge >= 0.3 is 6.18 Å². The third-order valence-electron chi connectivity index (χ3n) is 3.84. The molecule has 0 spiro atoms. The summed E-state index contributed by atoms with van der Waals surface area (Å²) in [6.45, 7) is 2.30. The standard InChI is InChI=1S/C14H18F3NO2/c1-2-20-12-7-11(8-18-9-12)13(19)5-3-10(4-6-13)14(15,16)17/h7-10,19H,2-6H2,1H3. The SMILES string of the molecule is CCOc1cncc(C2(O)CCC(C(F)(F)F)CC2)c1. The Morgan fingerprint density at radius 3 is 2.55 bits per heavy atom. The lowest BCUT2D eigenvalue weighted by Crippen LogP contribution is -2.36. The van der Waals surface area contributed by atoms with Gasteiger partial charge in [-0.3, -0.25) is 4.98 Å². The van der Waals surface area contributed by atoms with E-state index in [4.69, 9.17) is 4.74 Å². The Kier molecular flexibility index (Phi) is 4.22. The van der Waals surface area contributed by atoms with Crippen molar-refractivity contribution in [3.63, 3.8) is 0 Å². The first-order valence-corrected chi connectivity index (χ1v) is 6.72. The first-order valence-electron chi connectivity index (χ1n) is 6.72. The topological polar surface area (TPSA) is 42.4 Å². The molecular formula is C14H18F3NO2. The van der Waals surface area contributed by atoms with Gasteiger partial charge in [0.25, 0.3) is 0 Å². The average molecular weight is 289 g/mol. The summed E-state index contributed by atoms with van der Waals surface area (Å²) >= 11 is 0. The highest BCUT2D eigenvalue weighted by molar-refractivity contribution is 5.28. The molecule has 1 saturated carbocycles. The van der Waals surface area contributed by atoms with E-state index < -0.39 is 17.7 Å². The number of ether oxygens (including phenoxy) is 1. The molecule has 0 saturated heterocycles. The maximum Gasteiger partial charge on any atom is 0.391 e. The molecule has 0 aliphatic heterocycles. The number of aliphatic hydroxyl groups is 1. The van der Waals surface area contributed by atoms with Crippen LogP contribution in [0.1, 0.15) is 38.2 Å². The van der Waals surface area contributed by atoms with E-state index in [1.54, 1.807) is 6.07 Å². The Bertz CT molecular complexity index is 454. The first kappa shape index (κ1) is 15.1. The van der Waals surface area contributed by atoms with Crippen LogP contribution in [-0.2, 0) is 5.60 Å². The minimum absolute atomic E-state index is 0.0567. The van der Waals surface area contributed by atoms with Crippen LogP contribution in [0.25, 0.3) is 0 Å². The van der Waals surface area contributed by atoms with E-state index in [1.165, 1.54) is 12.4 Å². The molecule has 1 fully saturated rings. The lowest BCUT2D eigenvalue weighted by atomic mass is 9.75. The van der Waals surface area contributed by atoms with Crippen LogP contribution in [0.3, 0.4) is 0 Å². The van der Waals surface area contributed by atoms with E-state index in [2.05, 4.69) is 4.98 Å². The van der Waals surface area contributed by atoms with E-state index in [0.717, 1.165) is 0 Å². The molecule has 0 unspecified atom stereocenters. The number of hydrogen-bond acceptors (Lipinski definition) is 3. The van der Waals surface area contributed by atoms with Crippen molar-refractivity contribution in [1.82, 2.24) is 4.98 Å². The molecule has 1 N–H and O–H groups in total. The molecule has 1 aromatic heterocycles. The van der Waals surface area contributed by atoms with Gasteiger partial charge in [0.05, 0.1) is 24.3 Å². The van der Waals surface area contributed by atoms with Crippen molar-refractivity contribution >= 4 is 0 Å². The molecule has 0 bridgehead atoms. The van der Waals surface area contributed by atoms with Crippen molar-refractivity contribution in [3.8, 4) is 5.75 Å². The van der Waals surface area contributed by atoms with Gasteiger partial charge in [0.2, 0.25) is 0 Å². The predicted molar refractivity (Wildman–Crippen MR) is 67.3 cm³/mol. The van der Waals surface area contributed by atoms with Crippen LogP contribution in [-0.4, -0.2) is 22.9 Å². The molecule has 1 aromatic rings. The maximum absolute atomic E-state index is 12.6. The van der Waals surface area contributed by atoms with Gasteiger partial charge in [0.15, 0.2) is 0 Å². The van der Waals surface area contributed by atoms with Gasteiger partial charge in [0, 0.05) is 11.8 Å². The van der Waals surface area contributed by atoms with Gasteiger partial charge in [0.1, 0.15) is 5.75 Å². The van der Waals surface area contributed by atoms with Gasteiger partial charge in [-0.2, -0.15) is 13.2 Å². The van der Waals surface area contributed by atoms with Gasteiger partial charge < -0.3 is 9.84 Å². The first-order chi connectivity index (χ1) is 9.35. The van der Waals surface area contributed by atoms with Crippen LogP contribution in [0, 0.1) is 5.92 Å². The van der Waals surface area contributed by atoms with E-state index in [0.29, 0.717) is 17.9 Å². The van der Waals surface area contributed by atoms with Gasteiger partial charge in [-0.05, 0) is 38.7 Å². The summed E-state index contributed by atoms with van der Waals surface area (Å²) in [6.07, 6.45) is -1.08. The van der Waals surface area contributed by atoms with Gasteiger partial charge in [-0.25, -0.2) is 0 Å². The van der Waals surface area contributed by atoms with Crippen LogP contribution < -0.4 is 4.74 Å². The minimum atomic E-state index is -4.17. The van der Waals surface area contributed by atoms with Crippen molar-refractivity contribution in [2.75, 3.05) is 6.61 Å². The summed E-state index contributed by atoms with van der Waals surface area (Å²) in [5.41, 5.74) is -0.703. The number of nitrogens with zero attached hydrogens (tertiary/aromatic N) is 1. The Morgan fingerprint density at radius 1 is 1.35 bits per heavy atom. The Labute approximate surface area is 115 Å². The number of hydrogen-bond donors (Lipinski definition) is 1. The molecule has 1 aliphatic carbocycles. The van der Waals surface area contributed by atoms with Crippen molar-refractivity contribution < 1.29 is 23.0 Å². The average Bonchev–Trinajstić information content (AvgIpc) is 2.39. The van der Waals surface area contributed by atoms with Crippen molar-refractivity contribution in [2.24, 2.45) is 5.92 Å². The summed E-state index contributed by atoms with van der Waals surface area (Å²) in [5, 5.41) is 10.6. The third kappa shape index (κ3) is 3.23. The van der Waals surface area contributed by atoms with Gasteiger partial charge in [-0.1, -0.05) is 0 Å². The summed E-state index contributed by atoms with van der Waals surface area (Å²) < 4.78 is 43.2. The minimum Gasteiger partial charge on any atom is -0.492 e. The summed E-state index contributed by atoms with van der Waals surface area (Å²) in [5.74, 6) is -0.790. The summed E-state index contributed by atoms with van der Waals surface area (Å²) in [6, 6.07) is 1.66. The number of pyridine rings is 1. The molecule has 0 atom stereocenters. The molecule has 112 valence electrons. The second-order valence-corrected chi connectivity index (χ2v) is 5.19. The van der Waals surface area contributed by atoms with Crippen LogP contribution in [0.5, 0.6) is 5.75 Å². The fourth-order valence-corrected chi connectivity index (χ4v) is 2.63. The number of rotatable bonds is 3. The Balaban J connectivity index is 2.11. The van der Waals surface area contributed by atoms with E-state index in [1.807, 2.05) is 6.92 Å². The fraction of sp³-hybridized carbons (Fsp3) is 0.643. The molecule has 2 rings (SSSR count). The lowest BCUT2D eigenvalue weighted by Gasteiger charge is -2.36. The zero-order valence-corrected chi connectivity index (χ0v) is 11.3. The molecule has 0 aromatic carbocycles. The Morgan fingerprint density at radius 2 is 2.00 bits per heavy atom. The van der Waals surface area contributed by atoms with Crippen LogP contribution in [0.4, 0.5) is 13.2 Å². The summed E-state index contributed by atoms with van der Waals surface area (Å²) in [4.78, 5) is 3.98. The van der Waals surface area contributed by atoms with Crippen molar-refractivity contribution in [1.29, 1.82) is 0 Å². The zero-order chi connectivity index (χ0) is 14.8. The highest BCUT2D eigenvalue weighted by atomic mass is 19.4. The van der Waals surface area contributed by atoms with Crippen molar-refractivity contribution in [3.05, 3.63) is 24.0 Å². The lowest BCUT2D eigenvalue weighted by molar-refractivity contribution is -0.193. The quantitative estimate of drug-likeness (QED) is 0.927. The molecular weight excluding hydrogens is 271 g/mol. The van der Waals surface area contributed by atoms with E-state index in [-0.39, 0.29) is 25.7 Å². The molecule has 0 amide bonds. The largest absolute Gasteiger partial charge is 0.492 e. The van der Waals surface area contributed by atoms with E-state index in [9.17, 15) is 18.3 Å². The van der Waals surface area contributed by atoms with Gasteiger partial charge in [-0.15, -0.1) is 0 Å². The predicted octanol–water partition coefficient (Wildman–Crippen LogP) is 3.42. The maximum atomic E-state index is 12.6. The van der Waals surface area contributed by atoms with Crippen LogP contribution >= 0.6 is 0 Å². The fourth-order valence-electron chi connectivity index (χ4n) is 2.63. The van der Waals surface area contributed by atoms with Crippen LogP contribution in [0.2, 0.25) is 0 Å². The van der Waals surface area contributed by atoms with Crippen molar-refractivity contribution in [2.45, 2.75) is 44.4 Å². The monoisotopic (exact) mass is 289 g/mol. The van der Waals surface area contributed by atoms with E-state index >= 15 is 0 Å². The molecule has 0 radical (unpaired) electrons. The second-order valence-electron chi connectivity index (χ2n) is 5.19. The molecule has 1 aliphatic rings. The third-order valence-corrected chi connectivity index (χ3v) is 3.84. The molecule has 6 heteroatoms. The number of alkyl halides is 3. The summed E-state index contributed by atoms with van der Waals surface area (Å²) in [7, 11) is 0. The van der Waals surface area contributed by atoms with Crippen LogP contribution in [0.15, 0.2) is 18.5 Å². The molecule has 3 nitrogen and oxygen atoms in total. The zero-order valence-electron chi connectivity index (χ0n) is 11.3. The normalized spacial score (nSPS) is 27.4. The Hall–Kier alpha value is -1.30. The highest BCUT2D eigenvalue weighted by Gasteiger charge is 2.45. The highest BCUT2D eigenvalue weighted by Crippen LogP contribution is 2.45. The number of halogens is 3. The number of aromatic nitrogens is 1.